The molecule has 3 aromatic rings. The lowest BCUT2D eigenvalue weighted by molar-refractivity contribution is -0.149. The number of aryl methyl sites for hydroxylation is 1. The van der Waals surface area contributed by atoms with E-state index in [1.165, 1.54) is 11.2 Å². The van der Waals surface area contributed by atoms with Crippen molar-refractivity contribution in [3.8, 4) is 0 Å². The second-order valence-corrected chi connectivity index (χ2v) is 9.93. The number of halogens is 2. The van der Waals surface area contributed by atoms with Gasteiger partial charge in [0.2, 0.25) is 10.0 Å². The van der Waals surface area contributed by atoms with Gasteiger partial charge in [-0.3, -0.25) is 9.36 Å². The van der Waals surface area contributed by atoms with E-state index in [0.29, 0.717) is 25.0 Å². The van der Waals surface area contributed by atoms with Crippen LogP contribution in [-0.4, -0.2) is 41.3 Å². The van der Waals surface area contributed by atoms with Crippen molar-refractivity contribution in [2.45, 2.75) is 50.2 Å². The van der Waals surface area contributed by atoms with Gasteiger partial charge in [0.05, 0.1) is 15.9 Å². The lowest BCUT2D eigenvalue weighted by Crippen LogP contribution is -2.27. The number of imidazole rings is 1. The second kappa shape index (κ2) is 9.56. The second-order valence-electron chi connectivity index (χ2n) is 7.99. The Hall–Kier alpha value is -2.85. The van der Waals surface area contributed by atoms with Crippen LogP contribution in [0.1, 0.15) is 50.2 Å². The Balaban J connectivity index is 1.38. The van der Waals surface area contributed by atoms with Crippen molar-refractivity contribution in [2.24, 2.45) is 0 Å². The molecule has 1 aromatic heterocycles. The Labute approximate surface area is 191 Å². The molecule has 2 aromatic carbocycles. The van der Waals surface area contributed by atoms with Crippen LogP contribution in [0.3, 0.4) is 0 Å². The molecular formula is C23H25F2N3O4S. The summed E-state index contributed by atoms with van der Waals surface area (Å²) in [5, 5.41) is 0. The molecule has 33 heavy (non-hydrogen) atoms. The van der Waals surface area contributed by atoms with Gasteiger partial charge in [-0.25, -0.2) is 13.4 Å². The standard InChI is InChI=1S/C23H25F2N3O4S/c1-16(22-26-19-6-2-3-7-20(19)28(22)23(24)25)32-21(29)13-10-17-8-11-18(12-9-17)33(30,31)27-14-4-5-15-27/h2-3,6-9,11-12,16,23H,4-5,10,13-15H2,1H3. The van der Waals surface area contributed by atoms with E-state index in [2.05, 4.69) is 4.98 Å². The van der Waals surface area contributed by atoms with E-state index in [0.717, 1.165) is 23.0 Å². The molecule has 0 aliphatic carbocycles. The van der Waals surface area contributed by atoms with Crippen LogP contribution < -0.4 is 0 Å². The quantitative estimate of drug-likeness (QED) is 0.448. The molecule has 1 atom stereocenters. The van der Waals surface area contributed by atoms with Gasteiger partial charge in [-0.05, 0) is 56.0 Å². The van der Waals surface area contributed by atoms with Crippen LogP contribution in [0.25, 0.3) is 11.0 Å². The normalized spacial score (nSPS) is 15.9. The highest BCUT2D eigenvalue weighted by molar-refractivity contribution is 7.89. The molecular weight excluding hydrogens is 452 g/mol. The number of ether oxygens (including phenoxy) is 1. The zero-order valence-corrected chi connectivity index (χ0v) is 19.0. The molecule has 1 unspecified atom stereocenters. The Morgan fingerprint density at radius 3 is 2.42 bits per heavy atom. The summed E-state index contributed by atoms with van der Waals surface area (Å²) in [6, 6.07) is 13.0. The Morgan fingerprint density at radius 2 is 1.76 bits per heavy atom. The van der Waals surface area contributed by atoms with Crippen molar-refractivity contribution in [1.82, 2.24) is 13.9 Å². The molecule has 7 nitrogen and oxygen atoms in total. The SMILES string of the molecule is CC(OC(=O)CCc1ccc(S(=O)(=O)N2CCCC2)cc1)c1nc2ccccc2n1C(F)F. The molecule has 0 spiro atoms. The predicted molar refractivity (Wildman–Crippen MR) is 118 cm³/mol. The molecule has 10 heteroatoms. The fourth-order valence-electron chi connectivity index (χ4n) is 4.02. The van der Waals surface area contributed by atoms with Crippen LogP contribution in [0, 0.1) is 0 Å². The largest absolute Gasteiger partial charge is 0.454 e. The van der Waals surface area contributed by atoms with E-state index < -0.39 is 28.6 Å². The minimum atomic E-state index is -3.48. The van der Waals surface area contributed by atoms with E-state index in [1.807, 2.05) is 0 Å². The number of hydrogen-bond donors (Lipinski definition) is 0. The van der Waals surface area contributed by atoms with Gasteiger partial charge in [0.15, 0.2) is 11.9 Å². The first kappa shape index (κ1) is 23.3. The highest BCUT2D eigenvalue weighted by Gasteiger charge is 2.27. The fraction of sp³-hybridized carbons (Fsp3) is 0.391. The van der Waals surface area contributed by atoms with Crippen molar-refractivity contribution in [2.75, 3.05) is 13.1 Å². The smallest absolute Gasteiger partial charge is 0.320 e. The average molecular weight is 478 g/mol. The zero-order chi connectivity index (χ0) is 23.6. The number of esters is 1. The van der Waals surface area contributed by atoms with Crippen LogP contribution >= 0.6 is 0 Å². The number of carbonyl (C=O) groups is 1. The number of alkyl halides is 2. The number of rotatable bonds is 8. The summed E-state index contributed by atoms with van der Waals surface area (Å²) in [5.41, 5.74) is 1.45. The maximum Gasteiger partial charge on any atom is 0.320 e. The first-order valence-corrected chi connectivity index (χ1v) is 12.2. The summed E-state index contributed by atoms with van der Waals surface area (Å²) in [6.45, 7) is -0.236. The molecule has 1 fully saturated rings. The minimum Gasteiger partial charge on any atom is -0.454 e. The van der Waals surface area contributed by atoms with Gasteiger partial charge in [-0.2, -0.15) is 13.1 Å². The molecule has 2 heterocycles. The maximum atomic E-state index is 13.6. The molecule has 0 radical (unpaired) electrons. The number of hydrogen-bond acceptors (Lipinski definition) is 5. The van der Waals surface area contributed by atoms with E-state index in [4.69, 9.17) is 4.74 Å². The molecule has 0 bridgehead atoms. The number of sulfonamides is 1. The maximum absolute atomic E-state index is 13.6. The minimum absolute atomic E-state index is 0.0176. The molecule has 176 valence electrons. The summed E-state index contributed by atoms with van der Waals surface area (Å²) < 4.78 is 60.0. The summed E-state index contributed by atoms with van der Waals surface area (Å²) in [4.78, 5) is 16.8. The third kappa shape index (κ3) is 4.91. The van der Waals surface area contributed by atoms with Gasteiger partial charge < -0.3 is 4.74 Å². The van der Waals surface area contributed by atoms with Gasteiger partial charge in [0.1, 0.15) is 0 Å². The van der Waals surface area contributed by atoms with Crippen LogP contribution in [-0.2, 0) is 26.0 Å². The first-order valence-electron chi connectivity index (χ1n) is 10.8. The third-order valence-corrected chi connectivity index (χ3v) is 7.65. The molecule has 0 saturated carbocycles. The molecule has 1 aliphatic rings. The fourth-order valence-corrected chi connectivity index (χ4v) is 5.53. The van der Waals surface area contributed by atoms with Crippen molar-refractivity contribution in [3.05, 3.63) is 59.9 Å². The third-order valence-electron chi connectivity index (χ3n) is 5.73. The number of aromatic nitrogens is 2. The van der Waals surface area contributed by atoms with Crippen molar-refractivity contribution in [3.63, 3.8) is 0 Å². The summed E-state index contributed by atoms with van der Waals surface area (Å²) in [5.74, 6) is -0.569. The van der Waals surface area contributed by atoms with E-state index in [9.17, 15) is 22.0 Å². The van der Waals surface area contributed by atoms with Gasteiger partial charge >= 0.3 is 12.5 Å². The molecule has 1 aliphatic heterocycles. The zero-order valence-electron chi connectivity index (χ0n) is 18.2. The Morgan fingerprint density at radius 1 is 1.09 bits per heavy atom. The number of para-hydroxylation sites is 2. The van der Waals surface area contributed by atoms with Gasteiger partial charge in [-0.15, -0.1) is 0 Å². The van der Waals surface area contributed by atoms with Gasteiger partial charge in [-0.1, -0.05) is 24.3 Å². The molecule has 4 rings (SSSR count). The van der Waals surface area contributed by atoms with E-state index in [-0.39, 0.29) is 22.7 Å². The molecule has 1 saturated heterocycles. The van der Waals surface area contributed by atoms with E-state index >= 15 is 0 Å². The summed E-state index contributed by atoms with van der Waals surface area (Å²) in [6.07, 6.45) is 1.14. The van der Waals surface area contributed by atoms with Gasteiger partial charge in [0.25, 0.3) is 0 Å². The van der Waals surface area contributed by atoms with E-state index in [1.54, 1.807) is 48.5 Å². The lowest BCUT2D eigenvalue weighted by atomic mass is 10.1. The Kier molecular flexibility index (Phi) is 6.76. The average Bonchev–Trinajstić information content (AvgIpc) is 3.46. The molecule has 0 N–H and O–H groups in total. The summed E-state index contributed by atoms with van der Waals surface area (Å²) >= 11 is 0. The highest BCUT2D eigenvalue weighted by Crippen LogP contribution is 2.28. The van der Waals surface area contributed by atoms with Crippen molar-refractivity contribution in [1.29, 1.82) is 0 Å². The van der Waals surface area contributed by atoms with Crippen LogP contribution in [0.15, 0.2) is 53.4 Å². The predicted octanol–water partition coefficient (Wildman–Crippen LogP) is 4.45. The number of nitrogens with zero attached hydrogens (tertiary/aromatic N) is 3. The Bertz CT molecular complexity index is 1240. The topological polar surface area (TPSA) is 81.5 Å². The molecule has 0 amide bonds. The van der Waals surface area contributed by atoms with Crippen LogP contribution in [0.2, 0.25) is 0 Å². The number of benzene rings is 2. The monoisotopic (exact) mass is 477 g/mol. The summed E-state index contributed by atoms with van der Waals surface area (Å²) in [7, 11) is -3.48. The lowest BCUT2D eigenvalue weighted by Gasteiger charge is -2.16. The number of fused-ring (bicyclic) bond motifs is 1. The number of carbonyl (C=O) groups excluding carboxylic acids is 1. The van der Waals surface area contributed by atoms with Crippen molar-refractivity contribution >= 4 is 27.0 Å². The highest BCUT2D eigenvalue weighted by atomic mass is 32.2. The van der Waals surface area contributed by atoms with Gasteiger partial charge in [0, 0.05) is 19.5 Å². The van der Waals surface area contributed by atoms with Crippen LogP contribution in [0.5, 0.6) is 0 Å². The van der Waals surface area contributed by atoms with Crippen LogP contribution in [0.4, 0.5) is 8.78 Å². The van der Waals surface area contributed by atoms with Crippen molar-refractivity contribution < 1.29 is 26.7 Å². The first-order chi connectivity index (χ1) is 15.8.